The minimum absolute atomic E-state index is 0.180. The summed E-state index contributed by atoms with van der Waals surface area (Å²) in [5.74, 6) is -0.644. The molecule has 0 radical (unpaired) electrons. The number of carbonyl (C=O) groups is 2. The van der Waals surface area contributed by atoms with Crippen LogP contribution in [-0.2, 0) is 19.1 Å². The maximum absolute atomic E-state index is 12.1. The van der Waals surface area contributed by atoms with Gasteiger partial charge < -0.3 is 29.7 Å². The second-order valence-corrected chi connectivity index (χ2v) is 10.9. The summed E-state index contributed by atoms with van der Waals surface area (Å²) in [5.41, 5.74) is 10.8. The van der Waals surface area contributed by atoms with Crippen molar-refractivity contribution in [2.75, 3.05) is 14.2 Å². The van der Waals surface area contributed by atoms with Crippen molar-refractivity contribution in [3.8, 4) is 0 Å². The van der Waals surface area contributed by atoms with Gasteiger partial charge in [0.05, 0.1) is 60.6 Å². The quantitative estimate of drug-likeness (QED) is 0.280. The molecule has 5 heterocycles. The largest absolute Gasteiger partial charge is 0.515 e. The Bertz CT molecular complexity index is 2050. The fraction of sp³-hybridized carbons (Fsp3) is 0.294. The molecule has 0 amide bonds. The summed E-state index contributed by atoms with van der Waals surface area (Å²) in [5, 5.41) is 21.6. The molecule has 0 aromatic carbocycles. The molecule has 3 aromatic rings. The van der Waals surface area contributed by atoms with E-state index in [1.165, 1.54) is 14.2 Å². The molecule has 5 rings (SSSR count). The van der Waals surface area contributed by atoms with Gasteiger partial charge in [-0.1, -0.05) is 0 Å². The van der Waals surface area contributed by atoms with Crippen molar-refractivity contribution in [3.05, 3.63) is 68.6 Å². The molecule has 2 aliphatic heterocycles. The number of allylic oxidation sites excluding steroid dienone is 4. The van der Waals surface area contributed by atoms with Crippen LogP contribution < -0.4 is 10.4 Å². The normalized spacial score (nSPS) is 14.0. The predicted molar refractivity (Wildman–Crippen MR) is 171 cm³/mol. The molecule has 10 nitrogen and oxygen atoms in total. The topological polar surface area (TPSA) is 150 Å². The van der Waals surface area contributed by atoms with E-state index in [0.29, 0.717) is 57.1 Å². The number of hydrogen-bond acceptors (Lipinski definition) is 8. The minimum atomic E-state index is -0.323. The molecule has 44 heavy (non-hydrogen) atoms. The fourth-order valence-electron chi connectivity index (χ4n) is 5.77. The van der Waals surface area contributed by atoms with Gasteiger partial charge in [-0.15, -0.1) is 0 Å². The van der Waals surface area contributed by atoms with E-state index >= 15 is 0 Å². The maximum Gasteiger partial charge on any atom is 0.305 e. The van der Waals surface area contributed by atoms with Crippen molar-refractivity contribution in [1.29, 1.82) is 0 Å². The average molecular weight is 597 g/mol. The minimum Gasteiger partial charge on any atom is -0.515 e. The van der Waals surface area contributed by atoms with Crippen LogP contribution in [0.2, 0.25) is 0 Å². The Morgan fingerprint density at radius 3 is 1.50 bits per heavy atom. The molecule has 0 saturated heterocycles. The molecule has 0 spiro atoms. The SMILES string of the molecule is COC(=O)CCC1=C(C)c2cc3[nH]c(cc4[nH]c(cc5nc(cc1n2)C(CCC(=O)OC)=C5C)c(=CO)c4C)c(=CO)c3C. The number of aromatic nitrogens is 4. The second kappa shape index (κ2) is 12.2. The molecule has 3 aromatic heterocycles. The molecule has 0 atom stereocenters. The number of ether oxygens (including phenoxy) is 2. The zero-order valence-electron chi connectivity index (χ0n) is 25.7. The number of rotatable bonds is 6. The van der Waals surface area contributed by atoms with Gasteiger partial charge in [-0.05, 0) is 98.2 Å². The van der Waals surface area contributed by atoms with Crippen LogP contribution in [0.15, 0.2) is 24.3 Å². The second-order valence-electron chi connectivity index (χ2n) is 10.9. The number of aryl methyl sites for hydroxylation is 2. The van der Waals surface area contributed by atoms with E-state index in [1.54, 1.807) is 0 Å². The van der Waals surface area contributed by atoms with Crippen LogP contribution in [0.4, 0.5) is 0 Å². The van der Waals surface area contributed by atoms with Crippen LogP contribution in [0.3, 0.4) is 0 Å². The van der Waals surface area contributed by atoms with Crippen LogP contribution >= 0.6 is 0 Å². The van der Waals surface area contributed by atoms with Gasteiger partial charge in [0.15, 0.2) is 0 Å². The molecule has 4 N–H and O–H groups in total. The van der Waals surface area contributed by atoms with Gasteiger partial charge in [-0.2, -0.15) is 0 Å². The van der Waals surface area contributed by atoms with E-state index in [9.17, 15) is 19.8 Å². The van der Waals surface area contributed by atoms with Crippen molar-refractivity contribution in [1.82, 2.24) is 19.9 Å². The number of aliphatic hydroxyl groups excluding tert-OH is 2. The van der Waals surface area contributed by atoms with Gasteiger partial charge in [-0.3, -0.25) is 9.59 Å². The van der Waals surface area contributed by atoms with Crippen molar-refractivity contribution in [3.63, 3.8) is 0 Å². The Hall–Kier alpha value is -5.12. The number of aromatic amines is 2. The molecular formula is C34H36N4O6. The Kier molecular flexibility index (Phi) is 8.44. The van der Waals surface area contributed by atoms with Gasteiger partial charge in [0.1, 0.15) is 0 Å². The molecule has 8 bridgehead atoms. The molecule has 0 unspecified atom stereocenters. The molecule has 10 heteroatoms. The summed E-state index contributed by atoms with van der Waals surface area (Å²) in [6, 6.07) is 7.60. The summed E-state index contributed by atoms with van der Waals surface area (Å²) in [4.78, 5) is 41.0. The first kappa shape index (κ1) is 30.3. The summed E-state index contributed by atoms with van der Waals surface area (Å²) < 4.78 is 9.81. The summed E-state index contributed by atoms with van der Waals surface area (Å²) in [7, 11) is 2.73. The van der Waals surface area contributed by atoms with Crippen molar-refractivity contribution >= 4 is 68.8 Å². The molecule has 0 fully saturated rings. The lowest BCUT2D eigenvalue weighted by atomic mass is 9.98. The van der Waals surface area contributed by atoms with Crippen LogP contribution in [0.5, 0.6) is 0 Å². The maximum atomic E-state index is 12.1. The van der Waals surface area contributed by atoms with Crippen molar-refractivity contribution in [2.24, 2.45) is 0 Å². The lowest BCUT2D eigenvalue weighted by Gasteiger charge is -2.06. The van der Waals surface area contributed by atoms with E-state index in [2.05, 4.69) is 9.97 Å². The predicted octanol–water partition coefficient (Wildman–Crippen LogP) is 5.29. The molecular weight excluding hydrogens is 560 g/mol. The summed E-state index contributed by atoms with van der Waals surface area (Å²) in [6.07, 6.45) is 3.34. The number of fused-ring (bicyclic) bond motifs is 8. The Morgan fingerprint density at radius 1 is 0.659 bits per heavy atom. The van der Waals surface area contributed by atoms with Crippen molar-refractivity contribution < 1.29 is 29.3 Å². The number of nitrogens with zero attached hydrogens (tertiary/aromatic N) is 2. The zero-order valence-corrected chi connectivity index (χ0v) is 25.7. The molecule has 0 aliphatic carbocycles. The Labute approximate surface area is 254 Å². The standard InChI is InChI=1S/C34H36N4O6/c1-17-21(7-9-33(41)43-5)29-14-30-22(8-10-34(42)44-6)18(2)27(36-30)12-31-24(16-40)20(4)28(38-31)13-32-23(15-39)19(3)26(37-32)11-25(17)35-29/h11-16,37-40H,7-10H2,1-6H3. The fourth-order valence-corrected chi connectivity index (χ4v) is 5.77. The number of H-pyrrole nitrogens is 2. The third kappa shape index (κ3) is 5.50. The van der Waals surface area contributed by atoms with Crippen LogP contribution in [0, 0.1) is 13.8 Å². The number of carbonyl (C=O) groups excluding carboxylic acids is 2. The number of aliphatic hydroxyl groups is 2. The van der Waals surface area contributed by atoms with Crippen LogP contribution in [0.1, 0.15) is 73.4 Å². The number of esters is 2. The molecule has 2 aliphatic rings. The molecule has 228 valence electrons. The first-order valence-electron chi connectivity index (χ1n) is 14.3. The number of hydrogen-bond donors (Lipinski definition) is 4. The third-order valence-electron chi connectivity index (χ3n) is 8.50. The van der Waals surface area contributed by atoms with E-state index in [0.717, 1.165) is 57.0 Å². The lowest BCUT2D eigenvalue weighted by Crippen LogP contribution is -2.01. The Morgan fingerprint density at radius 2 is 1.07 bits per heavy atom. The van der Waals surface area contributed by atoms with Gasteiger partial charge in [0, 0.05) is 34.3 Å². The van der Waals surface area contributed by atoms with Gasteiger partial charge in [0.25, 0.3) is 0 Å². The smallest absolute Gasteiger partial charge is 0.305 e. The van der Waals surface area contributed by atoms with E-state index in [4.69, 9.17) is 19.4 Å². The van der Waals surface area contributed by atoms with Crippen LogP contribution in [-0.4, -0.2) is 56.3 Å². The highest BCUT2D eigenvalue weighted by molar-refractivity contribution is 5.96. The average Bonchev–Trinajstić information content (AvgIpc) is 3.67. The van der Waals surface area contributed by atoms with Gasteiger partial charge >= 0.3 is 11.9 Å². The van der Waals surface area contributed by atoms with E-state index < -0.39 is 0 Å². The number of methoxy groups -OCH3 is 2. The van der Waals surface area contributed by atoms with Crippen molar-refractivity contribution in [2.45, 2.75) is 53.4 Å². The number of nitrogens with one attached hydrogen (secondary N) is 2. The van der Waals surface area contributed by atoms with E-state index in [-0.39, 0.29) is 24.8 Å². The first-order valence-corrected chi connectivity index (χ1v) is 14.3. The summed E-state index contributed by atoms with van der Waals surface area (Å²) >= 11 is 0. The summed E-state index contributed by atoms with van der Waals surface area (Å²) in [6.45, 7) is 7.74. The molecule has 0 saturated carbocycles. The zero-order chi connectivity index (χ0) is 31.7. The monoisotopic (exact) mass is 596 g/mol. The highest BCUT2D eigenvalue weighted by atomic mass is 16.5. The Balaban J connectivity index is 1.91. The first-order chi connectivity index (χ1) is 21.1. The van der Waals surface area contributed by atoms with Crippen LogP contribution in [0.25, 0.3) is 56.9 Å². The highest BCUT2D eigenvalue weighted by Gasteiger charge is 2.22. The van der Waals surface area contributed by atoms with Gasteiger partial charge in [-0.25, -0.2) is 9.97 Å². The van der Waals surface area contributed by atoms with Gasteiger partial charge in [0.2, 0.25) is 0 Å². The highest BCUT2D eigenvalue weighted by Crippen LogP contribution is 2.37. The third-order valence-corrected chi connectivity index (χ3v) is 8.50. The lowest BCUT2D eigenvalue weighted by molar-refractivity contribution is -0.141. The van der Waals surface area contributed by atoms with E-state index in [1.807, 2.05) is 52.0 Å².